The Hall–Kier alpha value is -0.430. The number of aliphatic hydroxyl groups is 1. The van der Waals surface area contributed by atoms with Crippen LogP contribution < -0.4 is 5.32 Å². The monoisotopic (exact) mass is 262 g/mol. The Morgan fingerprint density at radius 3 is 2.82 bits per heavy atom. The lowest BCUT2D eigenvalue weighted by atomic mass is 10.0. The molecule has 1 aliphatic heterocycles. The summed E-state index contributed by atoms with van der Waals surface area (Å²) < 4.78 is 25.5. The molecule has 1 rings (SSSR count). The molecule has 0 saturated carbocycles. The van der Waals surface area contributed by atoms with E-state index in [0.29, 0.717) is 0 Å². The number of hydrogen-bond donors (Lipinski definition) is 2. The number of nitrogens with zero attached hydrogens (tertiary/aromatic N) is 1. The van der Waals surface area contributed by atoms with Crippen LogP contribution in [0.1, 0.15) is 12.8 Å². The third kappa shape index (κ3) is 4.75. The van der Waals surface area contributed by atoms with Gasteiger partial charge in [-0.25, -0.2) is 8.42 Å². The van der Waals surface area contributed by atoms with Gasteiger partial charge in [0.25, 0.3) is 0 Å². The first-order valence-electron chi connectivity index (χ1n) is 6.00. The fourth-order valence-electron chi connectivity index (χ4n) is 2.07. The van der Waals surface area contributed by atoms with Crippen molar-refractivity contribution in [1.82, 2.24) is 9.62 Å². The van der Waals surface area contributed by atoms with E-state index in [1.807, 2.05) is 0 Å². The van der Waals surface area contributed by atoms with Crippen molar-refractivity contribution in [3.05, 3.63) is 12.7 Å². The molecule has 1 saturated heterocycles. The minimum absolute atomic E-state index is 0.147. The second-order valence-electron chi connectivity index (χ2n) is 4.36. The molecule has 1 heterocycles. The van der Waals surface area contributed by atoms with Gasteiger partial charge in [0.05, 0.1) is 12.4 Å². The number of rotatable bonds is 7. The Kier molecular flexibility index (Phi) is 6.11. The van der Waals surface area contributed by atoms with Gasteiger partial charge >= 0.3 is 0 Å². The minimum atomic E-state index is -3.28. The van der Waals surface area contributed by atoms with Gasteiger partial charge < -0.3 is 10.4 Å². The lowest BCUT2D eigenvalue weighted by Gasteiger charge is -2.26. The van der Waals surface area contributed by atoms with E-state index in [2.05, 4.69) is 11.9 Å². The van der Waals surface area contributed by atoms with Gasteiger partial charge in [-0.2, -0.15) is 4.31 Å². The Morgan fingerprint density at radius 1 is 1.53 bits per heavy atom. The number of aliphatic hydroxyl groups excluding tert-OH is 1. The maximum atomic E-state index is 12.1. The van der Waals surface area contributed by atoms with E-state index in [1.165, 1.54) is 4.31 Å². The first-order valence-corrected chi connectivity index (χ1v) is 7.61. The SMILES string of the molecule is C=CCN(CCO)S(=O)(=O)CC1CCCNC1. The van der Waals surface area contributed by atoms with E-state index >= 15 is 0 Å². The number of piperidine rings is 1. The van der Waals surface area contributed by atoms with Crippen LogP contribution in [0.15, 0.2) is 12.7 Å². The van der Waals surface area contributed by atoms with E-state index in [0.717, 1.165) is 25.9 Å². The normalized spacial score (nSPS) is 21.6. The lowest BCUT2D eigenvalue weighted by molar-refractivity contribution is 0.259. The van der Waals surface area contributed by atoms with Crippen LogP contribution in [-0.2, 0) is 10.0 Å². The molecule has 0 amide bonds. The second kappa shape index (κ2) is 7.10. The van der Waals surface area contributed by atoms with Gasteiger partial charge in [0.2, 0.25) is 10.0 Å². The third-order valence-corrected chi connectivity index (χ3v) is 4.93. The van der Waals surface area contributed by atoms with E-state index in [1.54, 1.807) is 6.08 Å². The maximum absolute atomic E-state index is 12.1. The Bertz CT molecular complexity index is 324. The average molecular weight is 262 g/mol. The average Bonchev–Trinajstić information content (AvgIpc) is 2.29. The zero-order valence-electron chi connectivity index (χ0n) is 10.1. The highest BCUT2D eigenvalue weighted by atomic mass is 32.2. The quantitative estimate of drug-likeness (QED) is 0.623. The molecule has 0 spiro atoms. The van der Waals surface area contributed by atoms with Crippen molar-refractivity contribution < 1.29 is 13.5 Å². The molecule has 0 aromatic rings. The van der Waals surface area contributed by atoms with Crippen LogP contribution in [0.2, 0.25) is 0 Å². The fraction of sp³-hybridized carbons (Fsp3) is 0.818. The van der Waals surface area contributed by atoms with Gasteiger partial charge in [0, 0.05) is 13.1 Å². The summed E-state index contributed by atoms with van der Waals surface area (Å²) >= 11 is 0. The molecule has 1 fully saturated rings. The molecule has 1 aliphatic rings. The van der Waals surface area contributed by atoms with E-state index in [4.69, 9.17) is 5.11 Å². The van der Waals surface area contributed by atoms with Crippen molar-refractivity contribution in [3.8, 4) is 0 Å². The summed E-state index contributed by atoms with van der Waals surface area (Å²) in [7, 11) is -3.28. The predicted molar refractivity (Wildman–Crippen MR) is 68.2 cm³/mol. The van der Waals surface area contributed by atoms with Crippen LogP contribution in [0.4, 0.5) is 0 Å². The Labute approximate surface area is 104 Å². The van der Waals surface area contributed by atoms with Crippen molar-refractivity contribution in [2.45, 2.75) is 12.8 Å². The highest BCUT2D eigenvalue weighted by molar-refractivity contribution is 7.89. The minimum Gasteiger partial charge on any atom is -0.395 e. The molecular formula is C11H22N2O3S. The molecule has 1 unspecified atom stereocenters. The van der Waals surface area contributed by atoms with Crippen molar-refractivity contribution in [2.75, 3.05) is 38.5 Å². The fourth-order valence-corrected chi connectivity index (χ4v) is 3.85. The molecule has 5 nitrogen and oxygen atoms in total. The molecule has 0 aliphatic carbocycles. The molecule has 0 radical (unpaired) electrons. The first kappa shape index (κ1) is 14.6. The molecule has 0 aromatic heterocycles. The number of hydrogen-bond acceptors (Lipinski definition) is 4. The second-order valence-corrected chi connectivity index (χ2v) is 6.37. The van der Waals surface area contributed by atoms with Crippen molar-refractivity contribution >= 4 is 10.0 Å². The summed E-state index contributed by atoms with van der Waals surface area (Å²) in [5, 5.41) is 12.1. The molecule has 17 heavy (non-hydrogen) atoms. The zero-order valence-corrected chi connectivity index (χ0v) is 11.0. The summed E-state index contributed by atoms with van der Waals surface area (Å²) in [4.78, 5) is 0. The highest BCUT2D eigenvalue weighted by Gasteiger charge is 2.26. The number of nitrogens with one attached hydrogen (secondary N) is 1. The van der Waals surface area contributed by atoms with Gasteiger partial charge in [-0.1, -0.05) is 6.08 Å². The lowest BCUT2D eigenvalue weighted by Crippen LogP contribution is -2.41. The molecule has 100 valence electrons. The van der Waals surface area contributed by atoms with Crippen molar-refractivity contribution in [1.29, 1.82) is 0 Å². The predicted octanol–water partition coefficient (Wildman–Crippen LogP) is -0.204. The highest BCUT2D eigenvalue weighted by Crippen LogP contribution is 2.15. The summed E-state index contributed by atoms with van der Waals surface area (Å²) in [5.74, 6) is 0.341. The third-order valence-electron chi connectivity index (χ3n) is 2.92. The van der Waals surface area contributed by atoms with Gasteiger partial charge in [0.15, 0.2) is 0 Å². The molecule has 0 aromatic carbocycles. The first-order chi connectivity index (χ1) is 8.10. The Morgan fingerprint density at radius 2 is 2.29 bits per heavy atom. The summed E-state index contributed by atoms with van der Waals surface area (Å²) in [6.07, 6.45) is 3.53. The van der Waals surface area contributed by atoms with E-state index in [9.17, 15) is 8.42 Å². The van der Waals surface area contributed by atoms with Crippen LogP contribution in [-0.4, -0.2) is 56.4 Å². The van der Waals surface area contributed by atoms with Crippen molar-refractivity contribution in [2.24, 2.45) is 5.92 Å². The van der Waals surface area contributed by atoms with Crippen LogP contribution in [0.25, 0.3) is 0 Å². The van der Waals surface area contributed by atoms with Crippen LogP contribution >= 0.6 is 0 Å². The van der Waals surface area contributed by atoms with Gasteiger partial charge in [-0.15, -0.1) is 6.58 Å². The van der Waals surface area contributed by atoms with E-state index < -0.39 is 10.0 Å². The largest absolute Gasteiger partial charge is 0.395 e. The van der Waals surface area contributed by atoms with Crippen LogP contribution in [0.3, 0.4) is 0 Å². The summed E-state index contributed by atoms with van der Waals surface area (Å²) in [6.45, 7) is 5.54. The van der Waals surface area contributed by atoms with Crippen molar-refractivity contribution in [3.63, 3.8) is 0 Å². The van der Waals surface area contributed by atoms with Gasteiger partial charge in [-0.05, 0) is 31.8 Å². The molecule has 0 bridgehead atoms. The van der Waals surface area contributed by atoms with Gasteiger partial charge in [0.1, 0.15) is 0 Å². The summed E-state index contributed by atoms with van der Waals surface area (Å²) in [6, 6.07) is 0. The van der Waals surface area contributed by atoms with Crippen LogP contribution in [0, 0.1) is 5.92 Å². The smallest absolute Gasteiger partial charge is 0.214 e. The molecule has 6 heteroatoms. The topological polar surface area (TPSA) is 69.6 Å². The molecule has 2 N–H and O–H groups in total. The molecular weight excluding hydrogens is 240 g/mol. The van der Waals surface area contributed by atoms with Crippen LogP contribution in [0.5, 0.6) is 0 Å². The summed E-state index contributed by atoms with van der Waals surface area (Å²) in [5.41, 5.74) is 0. The Balaban J connectivity index is 2.59. The number of sulfonamides is 1. The maximum Gasteiger partial charge on any atom is 0.214 e. The standard InChI is InChI=1S/C11H22N2O3S/c1-2-6-13(7-8-14)17(15,16)10-11-4-3-5-12-9-11/h2,11-12,14H,1,3-10H2. The molecule has 1 atom stereocenters. The van der Waals surface area contributed by atoms with E-state index in [-0.39, 0.29) is 31.4 Å². The zero-order chi connectivity index (χ0) is 12.7. The van der Waals surface area contributed by atoms with Gasteiger partial charge in [-0.3, -0.25) is 0 Å².